The van der Waals surface area contributed by atoms with Crippen LogP contribution < -0.4 is 16.0 Å². The average molecular weight is 551 g/mol. The number of carbonyl (C=O) groups is 2. The Kier molecular flexibility index (Phi) is 10.8. The molecular formula is C29H38Cl2FN3O2. The molecule has 3 unspecified atom stereocenters. The van der Waals surface area contributed by atoms with E-state index in [4.69, 9.17) is 23.2 Å². The second kappa shape index (κ2) is 13.6. The molecule has 0 aromatic heterocycles. The number of amides is 2. The molecule has 0 spiro atoms. The number of nitrogens with one attached hydrogen (secondary N) is 3. The van der Waals surface area contributed by atoms with Gasteiger partial charge in [0, 0.05) is 35.3 Å². The highest BCUT2D eigenvalue weighted by atomic mass is 35.5. The molecule has 37 heavy (non-hydrogen) atoms. The topological polar surface area (TPSA) is 70.2 Å². The third kappa shape index (κ3) is 8.98. The van der Waals surface area contributed by atoms with Gasteiger partial charge in [0.2, 0.25) is 12.3 Å². The molecule has 1 aliphatic carbocycles. The van der Waals surface area contributed by atoms with Crippen molar-refractivity contribution in [1.29, 1.82) is 0 Å². The molecule has 2 amide bonds. The second-order valence-electron chi connectivity index (χ2n) is 11.2. The molecule has 1 saturated carbocycles. The lowest BCUT2D eigenvalue weighted by Gasteiger charge is -2.29. The fraction of sp³-hybridized carbons (Fsp3) is 0.517. The molecular weight excluding hydrogens is 512 g/mol. The van der Waals surface area contributed by atoms with Crippen molar-refractivity contribution < 1.29 is 14.0 Å². The van der Waals surface area contributed by atoms with Crippen LogP contribution in [0.4, 0.5) is 10.1 Å². The Bertz CT molecular complexity index is 1050. The van der Waals surface area contributed by atoms with Gasteiger partial charge in [-0.1, -0.05) is 75.4 Å². The Morgan fingerprint density at radius 1 is 1.11 bits per heavy atom. The van der Waals surface area contributed by atoms with E-state index in [9.17, 15) is 14.0 Å². The van der Waals surface area contributed by atoms with Crippen LogP contribution in [-0.4, -0.2) is 30.9 Å². The molecule has 1 saturated heterocycles. The van der Waals surface area contributed by atoms with E-state index in [0.29, 0.717) is 23.3 Å². The van der Waals surface area contributed by atoms with Crippen LogP contribution in [0.2, 0.25) is 10.0 Å². The molecule has 1 heterocycles. The summed E-state index contributed by atoms with van der Waals surface area (Å²) in [4.78, 5) is 23.2. The molecule has 0 bridgehead atoms. The summed E-state index contributed by atoms with van der Waals surface area (Å²) in [6.07, 6.45) is 7.94. The van der Waals surface area contributed by atoms with Crippen molar-refractivity contribution in [3.63, 3.8) is 0 Å². The van der Waals surface area contributed by atoms with E-state index in [0.717, 1.165) is 18.4 Å². The highest BCUT2D eigenvalue weighted by Gasteiger charge is 2.43. The summed E-state index contributed by atoms with van der Waals surface area (Å²) < 4.78 is 13.4. The average Bonchev–Trinajstić information content (AvgIpc) is 3.25. The largest absolute Gasteiger partial charge is 0.356 e. The van der Waals surface area contributed by atoms with Gasteiger partial charge < -0.3 is 16.0 Å². The molecule has 8 heteroatoms. The first-order valence-electron chi connectivity index (χ1n) is 13.0. The molecule has 0 radical (unpaired) electrons. The molecule has 2 fully saturated rings. The number of anilines is 1. The third-order valence-corrected chi connectivity index (χ3v) is 7.50. The summed E-state index contributed by atoms with van der Waals surface area (Å²) >= 11 is 12.0. The van der Waals surface area contributed by atoms with Gasteiger partial charge in [0.15, 0.2) is 0 Å². The molecule has 202 valence electrons. The first kappa shape index (κ1) is 29.4. The van der Waals surface area contributed by atoms with Crippen LogP contribution in [0.1, 0.15) is 70.8 Å². The zero-order valence-electron chi connectivity index (χ0n) is 21.8. The second-order valence-corrected chi connectivity index (χ2v) is 12.0. The van der Waals surface area contributed by atoms with Gasteiger partial charge in [-0.05, 0) is 60.6 Å². The smallest absolute Gasteiger partial charge is 0.229 e. The minimum Gasteiger partial charge on any atom is -0.356 e. The fourth-order valence-corrected chi connectivity index (χ4v) is 5.64. The molecule has 1 aliphatic heterocycles. The normalized spacial score (nSPS) is 22.1. The molecule has 5 nitrogen and oxygen atoms in total. The van der Waals surface area contributed by atoms with Crippen LogP contribution in [0.5, 0.6) is 0 Å². The van der Waals surface area contributed by atoms with Crippen molar-refractivity contribution in [2.45, 2.75) is 77.3 Å². The van der Waals surface area contributed by atoms with E-state index in [1.54, 1.807) is 0 Å². The van der Waals surface area contributed by atoms with Gasteiger partial charge in [0.1, 0.15) is 5.82 Å². The van der Waals surface area contributed by atoms with Crippen molar-refractivity contribution in [3.05, 3.63) is 63.9 Å². The molecule has 3 N–H and O–H groups in total. The van der Waals surface area contributed by atoms with Gasteiger partial charge in [0.25, 0.3) is 0 Å². The SMILES string of the molecule is CC(C)(C)CC1NCC(c2cccc(Cl)c2)C1C(=O)Nc1ccc(F)c(Cl)c1.O=CNC1CCCCC1. The molecule has 4 rings (SSSR count). The number of carbonyl (C=O) groups excluding carboxylic acids is 2. The van der Waals surface area contributed by atoms with Gasteiger partial charge in [-0.25, -0.2) is 4.39 Å². The Morgan fingerprint density at radius 3 is 2.46 bits per heavy atom. The summed E-state index contributed by atoms with van der Waals surface area (Å²) in [6.45, 7) is 7.19. The first-order valence-corrected chi connectivity index (χ1v) is 13.8. The summed E-state index contributed by atoms with van der Waals surface area (Å²) in [5.74, 6) is -0.889. The van der Waals surface area contributed by atoms with Crippen molar-refractivity contribution in [2.24, 2.45) is 11.3 Å². The molecule has 2 aromatic rings. The molecule has 2 aliphatic rings. The van der Waals surface area contributed by atoms with Gasteiger partial charge in [-0.3, -0.25) is 9.59 Å². The Morgan fingerprint density at radius 2 is 1.84 bits per heavy atom. The lowest BCUT2D eigenvalue weighted by atomic mass is 9.78. The van der Waals surface area contributed by atoms with Gasteiger partial charge in [0.05, 0.1) is 10.9 Å². The number of hydrogen-bond acceptors (Lipinski definition) is 3. The van der Waals surface area contributed by atoms with Crippen molar-refractivity contribution in [2.75, 3.05) is 11.9 Å². The third-order valence-electron chi connectivity index (χ3n) is 6.97. The van der Waals surface area contributed by atoms with Crippen LogP contribution in [0.3, 0.4) is 0 Å². The Labute approximate surface area is 229 Å². The van der Waals surface area contributed by atoms with Crippen LogP contribution in [0.15, 0.2) is 42.5 Å². The van der Waals surface area contributed by atoms with E-state index in [2.05, 4.69) is 36.7 Å². The number of rotatable bonds is 6. The van der Waals surface area contributed by atoms with E-state index in [-0.39, 0.29) is 34.2 Å². The van der Waals surface area contributed by atoms with E-state index in [1.807, 2.05) is 24.3 Å². The van der Waals surface area contributed by atoms with Crippen LogP contribution in [-0.2, 0) is 9.59 Å². The maximum absolute atomic E-state index is 13.4. The molecule has 2 aromatic carbocycles. The van der Waals surface area contributed by atoms with Gasteiger partial charge in [-0.2, -0.15) is 0 Å². The number of hydrogen-bond donors (Lipinski definition) is 3. The first-order chi connectivity index (χ1) is 17.6. The van der Waals surface area contributed by atoms with Gasteiger partial charge >= 0.3 is 0 Å². The Balaban J connectivity index is 0.000000356. The maximum atomic E-state index is 13.4. The van der Waals surface area contributed by atoms with E-state index < -0.39 is 5.82 Å². The van der Waals surface area contributed by atoms with Crippen molar-refractivity contribution in [1.82, 2.24) is 10.6 Å². The summed E-state index contributed by atoms with van der Waals surface area (Å²) in [7, 11) is 0. The highest BCUT2D eigenvalue weighted by molar-refractivity contribution is 6.31. The Hall–Kier alpha value is -2.15. The zero-order chi connectivity index (χ0) is 27.0. The zero-order valence-corrected chi connectivity index (χ0v) is 23.3. The standard InChI is InChI=1S/C22H25Cl2FN2O.C7H13NO/c1-22(2,3)11-19-20(16(12-26-19)13-5-4-6-14(23)9-13)21(28)27-15-7-8-18(25)17(24)10-15;9-6-8-7-4-2-1-3-5-7/h4-10,16,19-20,26H,11-12H2,1-3H3,(H,27,28);6-7H,1-5H2,(H,8,9). The minimum absolute atomic E-state index is 0.00182. The summed E-state index contributed by atoms with van der Waals surface area (Å²) in [5, 5.41) is 9.89. The highest BCUT2D eigenvalue weighted by Crippen LogP contribution is 2.38. The minimum atomic E-state index is -0.510. The lowest BCUT2D eigenvalue weighted by Crippen LogP contribution is -2.38. The van der Waals surface area contributed by atoms with Crippen LogP contribution in [0.25, 0.3) is 0 Å². The predicted molar refractivity (Wildman–Crippen MR) is 150 cm³/mol. The summed E-state index contributed by atoms with van der Waals surface area (Å²) in [6, 6.07) is 12.4. The van der Waals surface area contributed by atoms with E-state index in [1.165, 1.54) is 50.3 Å². The van der Waals surface area contributed by atoms with Crippen molar-refractivity contribution >= 4 is 41.2 Å². The predicted octanol–water partition coefficient (Wildman–Crippen LogP) is 6.94. The van der Waals surface area contributed by atoms with Gasteiger partial charge in [-0.15, -0.1) is 0 Å². The molecule has 3 atom stereocenters. The fourth-order valence-electron chi connectivity index (χ4n) is 5.26. The number of benzene rings is 2. The maximum Gasteiger partial charge on any atom is 0.229 e. The number of halogens is 3. The monoisotopic (exact) mass is 549 g/mol. The van der Waals surface area contributed by atoms with E-state index >= 15 is 0 Å². The van der Waals surface area contributed by atoms with Crippen LogP contribution >= 0.6 is 23.2 Å². The summed E-state index contributed by atoms with van der Waals surface area (Å²) in [5.41, 5.74) is 1.59. The quantitative estimate of drug-likeness (QED) is 0.341. The van der Waals surface area contributed by atoms with Crippen molar-refractivity contribution in [3.8, 4) is 0 Å². The lowest BCUT2D eigenvalue weighted by molar-refractivity contribution is -0.120. The van der Waals surface area contributed by atoms with Crippen LogP contribution in [0, 0.1) is 17.2 Å².